The maximum absolute atomic E-state index is 13.2. The second-order valence-electron chi connectivity index (χ2n) is 12.1. The van der Waals surface area contributed by atoms with E-state index in [2.05, 4.69) is 30.9 Å². The molecule has 14 heteroatoms. The highest BCUT2D eigenvalue weighted by molar-refractivity contribution is 6.05. The lowest BCUT2D eigenvalue weighted by atomic mass is 9.98. The van der Waals surface area contributed by atoms with Crippen LogP contribution in [0.2, 0.25) is 0 Å². The smallest absolute Gasteiger partial charge is 0.327 e. The standard InChI is InChI=1S/C34H36N8O6/c1-19(2)18-48-30-13-23(8-11-27(30)42(46)47)29(43)12-21(4)32(44)37-25-9-6-20(3)28(14-25)41-17-24-15-36-33(39-31(24)40-34(41)45)38-26-10-7-22(5)35-16-26/h6-11,13-16,19,21H,12,17-18H2,1-5H3,(H,37,44)(H2,36,38,39,40,45)/t21-/m1/s1. The average Bonchev–Trinajstić information content (AvgIpc) is 3.05. The Morgan fingerprint density at radius 1 is 1.04 bits per heavy atom. The lowest BCUT2D eigenvalue weighted by molar-refractivity contribution is -0.385. The molecule has 5 rings (SSSR count). The Labute approximate surface area is 277 Å². The van der Waals surface area contributed by atoms with Gasteiger partial charge in [-0.1, -0.05) is 26.8 Å². The first-order chi connectivity index (χ1) is 22.9. The van der Waals surface area contributed by atoms with Gasteiger partial charge in [0.25, 0.3) is 0 Å². The highest BCUT2D eigenvalue weighted by atomic mass is 16.6. The van der Waals surface area contributed by atoms with E-state index in [9.17, 15) is 24.5 Å². The largest absolute Gasteiger partial charge is 0.487 e. The van der Waals surface area contributed by atoms with Crippen molar-refractivity contribution in [2.45, 2.75) is 47.6 Å². The first-order valence-corrected chi connectivity index (χ1v) is 15.4. The van der Waals surface area contributed by atoms with Crippen LogP contribution < -0.4 is 25.6 Å². The van der Waals surface area contributed by atoms with Crippen LogP contribution in [0.3, 0.4) is 0 Å². The molecule has 0 unspecified atom stereocenters. The molecule has 1 aliphatic heterocycles. The number of anilines is 5. The van der Waals surface area contributed by atoms with Gasteiger partial charge in [0.15, 0.2) is 11.5 Å². The van der Waals surface area contributed by atoms with Crippen molar-refractivity contribution in [1.29, 1.82) is 0 Å². The van der Waals surface area contributed by atoms with Crippen LogP contribution in [-0.4, -0.2) is 44.2 Å². The fourth-order valence-electron chi connectivity index (χ4n) is 4.91. The fourth-order valence-corrected chi connectivity index (χ4v) is 4.91. The number of benzene rings is 2. The zero-order valence-electron chi connectivity index (χ0n) is 27.2. The monoisotopic (exact) mass is 652 g/mol. The third-order valence-corrected chi connectivity index (χ3v) is 7.59. The molecule has 14 nitrogen and oxygen atoms in total. The van der Waals surface area contributed by atoms with E-state index in [-0.39, 0.29) is 48.3 Å². The summed E-state index contributed by atoms with van der Waals surface area (Å²) in [6.45, 7) is 9.64. The number of Topliss-reactive ketones (excluding diaryl/α,β-unsaturated/α-hetero) is 1. The van der Waals surface area contributed by atoms with Gasteiger partial charge in [0.1, 0.15) is 5.82 Å². The summed E-state index contributed by atoms with van der Waals surface area (Å²) in [4.78, 5) is 65.0. The molecule has 0 saturated heterocycles. The van der Waals surface area contributed by atoms with E-state index in [1.54, 1.807) is 37.5 Å². The predicted octanol–water partition coefficient (Wildman–Crippen LogP) is 6.57. The number of nitro benzene ring substituents is 1. The van der Waals surface area contributed by atoms with Gasteiger partial charge in [0.05, 0.1) is 35.6 Å². The van der Waals surface area contributed by atoms with Gasteiger partial charge in [-0.3, -0.25) is 34.9 Å². The molecule has 0 aliphatic carbocycles. The Morgan fingerprint density at radius 2 is 1.81 bits per heavy atom. The number of aryl methyl sites for hydroxylation is 2. The number of carbonyl (C=O) groups excluding carboxylic acids is 3. The number of amides is 3. The first kappa shape index (κ1) is 33.4. The van der Waals surface area contributed by atoms with E-state index in [4.69, 9.17) is 4.74 Å². The molecule has 4 aromatic rings. The number of rotatable bonds is 12. The molecule has 2 aromatic heterocycles. The highest BCUT2D eigenvalue weighted by Crippen LogP contribution is 2.32. The number of nitro groups is 1. The van der Waals surface area contributed by atoms with Crippen LogP contribution in [0.1, 0.15) is 54.4 Å². The van der Waals surface area contributed by atoms with E-state index in [0.29, 0.717) is 34.4 Å². The second-order valence-corrected chi connectivity index (χ2v) is 12.1. The summed E-state index contributed by atoms with van der Waals surface area (Å²) < 4.78 is 5.59. The average molecular weight is 653 g/mol. The minimum absolute atomic E-state index is 0.0108. The Balaban J connectivity index is 1.25. The van der Waals surface area contributed by atoms with Crippen molar-refractivity contribution in [1.82, 2.24) is 15.0 Å². The Bertz CT molecular complexity index is 1880. The van der Waals surface area contributed by atoms with Gasteiger partial charge in [-0.15, -0.1) is 0 Å². The molecule has 0 saturated carbocycles. The van der Waals surface area contributed by atoms with Crippen LogP contribution in [0.25, 0.3) is 0 Å². The maximum atomic E-state index is 13.2. The van der Waals surface area contributed by atoms with Crippen molar-refractivity contribution in [3.8, 4) is 5.75 Å². The SMILES string of the molecule is Cc1ccc(Nc2ncc3c(n2)NC(=O)N(c2cc(NC(=O)[C@H](C)CC(=O)c4ccc([N+](=O)[O-])c(OCC(C)C)c4)ccc2C)C3)cn1. The number of nitrogens with one attached hydrogen (secondary N) is 3. The van der Waals surface area contributed by atoms with E-state index >= 15 is 0 Å². The van der Waals surface area contributed by atoms with Crippen LogP contribution in [0.5, 0.6) is 5.75 Å². The zero-order chi connectivity index (χ0) is 34.5. The van der Waals surface area contributed by atoms with Crippen molar-refractivity contribution in [3.05, 3.63) is 93.4 Å². The molecule has 3 amide bonds. The van der Waals surface area contributed by atoms with Crippen molar-refractivity contribution in [2.75, 3.05) is 27.5 Å². The summed E-state index contributed by atoms with van der Waals surface area (Å²) in [5.41, 5.74) is 4.10. The number of carbonyl (C=O) groups is 3. The number of hydrogen-bond donors (Lipinski definition) is 3. The van der Waals surface area contributed by atoms with Gasteiger partial charge in [0, 0.05) is 47.1 Å². The number of ketones is 1. The Hall–Kier alpha value is -5.92. The van der Waals surface area contributed by atoms with Crippen LogP contribution in [0, 0.1) is 35.8 Å². The van der Waals surface area contributed by atoms with E-state index in [1.165, 1.54) is 23.1 Å². The van der Waals surface area contributed by atoms with Crippen LogP contribution in [0.15, 0.2) is 60.9 Å². The summed E-state index contributed by atoms with van der Waals surface area (Å²) in [7, 11) is 0. The van der Waals surface area contributed by atoms with Gasteiger partial charge in [-0.05, 0) is 61.7 Å². The van der Waals surface area contributed by atoms with Crippen molar-refractivity contribution >= 4 is 52.2 Å². The number of fused-ring (bicyclic) bond motifs is 1. The van der Waals surface area contributed by atoms with E-state index < -0.39 is 22.8 Å². The van der Waals surface area contributed by atoms with Crippen LogP contribution >= 0.6 is 0 Å². The number of nitrogens with zero attached hydrogens (tertiary/aromatic N) is 5. The first-order valence-electron chi connectivity index (χ1n) is 15.4. The van der Waals surface area contributed by atoms with Gasteiger partial charge in [0.2, 0.25) is 11.9 Å². The molecule has 3 N–H and O–H groups in total. The summed E-state index contributed by atoms with van der Waals surface area (Å²) >= 11 is 0. The summed E-state index contributed by atoms with van der Waals surface area (Å²) in [5.74, 6) is -0.637. The second kappa shape index (κ2) is 14.2. The van der Waals surface area contributed by atoms with Crippen molar-refractivity contribution in [2.24, 2.45) is 11.8 Å². The molecule has 0 spiro atoms. The predicted molar refractivity (Wildman–Crippen MR) is 181 cm³/mol. The Kier molecular flexibility index (Phi) is 9.92. The zero-order valence-corrected chi connectivity index (χ0v) is 27.2. The molecule has 1 atom stereocenters. The van der Waals surface area contributed by atoms with Gasteiger partial charge in [-0.25, -0.2) is 9.78 Å². The van der Waals surface area contributed by atoms with Gasteiger partial charge in [-0.2, -0.15) is 4.98 Å². The fraction of sp³-hybridized carbons (Fsp3) is 0.294. The van der Waals surface area contributed by atoms with Crippen LogP contribution in [-0.2, 0) is 11.3 Å². The number of pyridine rings is 1. The maximum Gasteiger partial charge on any atom is 0.327 e. The molecule has 2 aromatic carbocycles. The quantitative estimate of drug-likeness (QED) is 0.0859. The third-order valence-electron chi connectivity index (χ3n) is 7.59. The molecular weight excluding hydrogens is 616 g/mol. The van der Waals surface area contributed by atoms with Crippen molar-refractivity contribution < 1.29 is 24.0 Å². The van der Waals surface area contributed by atoms with Crippen LogP contribution in [0.4, 0.5) is 39.3 Å². The molecule has 3 heterocycles. The van der Waals surface area contributed by atoms with E-state index in [1.807, 2.05) is 39.8 Å². The molecule has 0 fully saturated rings. The normalized spacial score (nSPS) is 13.0. The minimum Gasteiger partial charge on any atom is -0.487 e. The molecule has 0 radical (unpaired) electrons. The highest BCUT2D eigenvalue weighted by Gasteiger charge is 2.28. The molecular formula is C34H36N8O6. The van der Waals surface area contributed by atoms with Crippen molar-refractivity contribution in [3.63, 3.8) is 0 Å². The summed E-state index contributed by atoms with van der Waals surface area (Å²) in [6, 6.07) is 12.5. The third kappa shape index (κ3) is 7.89. The molecule has 1 aliphatic rings. The topological polar surface area (TPSA) is 182 Å². The summed E-state index contributed by atoms with van der Waals surface area (Å²) in [6.07, 6.45) is 3.18. The molecule has 48 heavy (non-hydrogen) atoms. The number of hydrogen-bond acceptors (Lipinski definition) is 10. The molecule has 0 bridgehead atoms. The minimum atomic E-state index is -0.724. The lowest BCUT2D eigenvalue weighted by Gasteiger charge is -2.30. The summed E-state index contributed by atoms with van der Waals surface area (Å²) in [5, 5.41) is 20.2. The van der Waals surface area contributed by atoms with E-state index in [0.717, 1.165) is 11.3 Å². The number of aromatic nitrogens is 3. The molecule has 248 valence electrons. The Morgan fingerprint density at radius 3 is 2.52 bits per heavy atom. The number of ether oxygens (including phenoxy) is 1. The van der Waals surface area contributed by atoms with Gasteiger partial charge < -0.3 is 15.4 Å². The lowest BCUT2D eigenvalue weighted by Crippen LogP contribution is -2.39. The number of urea groups is 1. The van der Waals surface area contributed by atoms with Gasteiger partial charge >= 0.3 is 11.7 Å².